The van der Waals surface area contributed by atoms with E-state index >= 15 is 0 Å². The number of fused-ring (bicyclic) bond motifs is 12. The number of benzene rings is 11. The number of hydrogen-bond donors (Lipinski definition) is 0. The summed E-state index contributed by atoms with van der Waals surface area (Å²) in [6.45, 7) is 0. The van der Waals surface area contributed by atoms with Crippen LogP contribution in [0.3, 0.4) is 0 Å². The summed E-state index contributed by atoms with van der Waals surface area (Å²) >= 11 is 0. The number of anilines is 3. The molecule has 0 aliphatic carbocycles. The number of para-hydroxylation sites is 2. The highest BCUT2D eigenvalue weighted by Crippen LogP contribution is 2.48. The van der Waals surface area contributed by atoms with Gasteiger partial charge < -0.3 is 13.9 Å². The molecule has 0 bridgehead atoms. The molecule has 61 heavy (non-hydrogen) atoms. The van der Waals surface area contributed by atoms with Crippen LogP contribution in [-0.2, 0) is 0 Å². The van der Waals surface area contributed by atoms with Gasteiger partial charge in [0.1, 0.15) is 5.58 Å². The summed E-state index contributed by atoms with van der Waals surface area (Å²) in [7, 11) is 0. The smallest absolute Gasteiger partial charge is 0.159 e. The van der Waals surface area contributed by atoms with Crippen molar-refractivity contribution in [2.24, 2.45) is 0 Å². The lowest BCUT2D eigenvalue weighted by atomic mass is 9.97. The van der Waals surface area contributed by atoms with Crippen molar-refractivity contribution in [2.75, 3.05) is 4.90 Å². The topological polar surface area (TPSA) is 21.3 Å². The van der Waals surface area contributed by atoms with E-state index in [1.165, 1.54) is 64.9 Å². The molecule has 3 nitrogen and oxygen atoms in total. The van der Waals surface area contributed by atoms with Gasteiger partial charge in [-0.2, -0.15) is 0 Å². The third-order valence-corrected chi connectivity index (χ3v) is 12.7. The standard InChI is InChI=1S/C58H36N2O/c1-2-16-44(17-3-1)60-52-22-11-21-51(57(52)50-35-41-14-4-5-15-42(41)36-54(50)60)59(53-23-10-20-48-56-47-19-9-7-13-39(47)30-33-55(56)61-58(48)53)45-31-28-37(29-32-45)43-27-26-40-25-24-38-12-6-8-18-46(38)49(40)34-43/h1-36H. The van der Waals surface area contributed by atoms with Gasteiger partial charge in [0.15, 0.2) is 5.58 Å². The highest BCUT2D eigenvalue weighted by molar-refractivity contribution is 6.23. The van der Waals surface area contributed by atoms with Crippen molar-refractivity contribution in [1.29, 1.82) is 0 Å². The van der Waals surface area contributed by atoms with E-state index in [1.54, 1.807) is 0 Å². The molecule has 2 heterocycles. The first-order chi connectivity index (χ1) is 30.2. The largest absolute Gasteiger partial charge is 0.454 e. The van der Waals surface area contributed by atoms with Gasteiger partial charge >= 0.3 is 0 Å². The zero-order valence-corrected chi connectivity index (χ0v) is 33.1. The molecule has 0 aliphatic heterocycles. The van der Waals surface area contributed by atoms with E-state index in [0.717, 1.165) is 55.8 Å². The quantitative estimate of drug-likeness (QED) is 0.162. The number of hydrogen-bond acceptors (Lipinski definition) is 2. The first kappa shape index (κ1) is 33.8. The lowest BCUT2D eigenvalue weighted by Crippen LogP contribution is -2.10. The summed E-state index contributed by atoms with van der Waals surface area (Å²) in [5.74, 6) is 0. The van der Waals surface area contributed by atoms with Crippen LogP contribution < -0.4 is 4.90 Å². The molecule has 284 valence electrons. The zero-order valence-electron chi connectivity index (χ0n) is 33.1. The molecule has 2 aromatic heterocycles. The number of aromatic nitrogens is 1. The summed E-state index contributed by atoms with van der Waals surface area (Å²) in [5, 5.41) is 14.4. The highest BCUT2D eigenvalue weighted by Gasteiger charge is 2.25. The number of nitrogens with zero attached hydrogens (tertiary/aromatic N) is 2. The van der Waals surface area contributed by atoms with Crippen molar-refractivity contribution in [3.63, 3.8) is 0 Å². The van der Waals surface area contributed by atoms with Gasteiger partial charge in [-0.1, -0.05) is 152 Å². The van der Waals surface area contributed by atoms with Crippen LogP contribution in [0.2, 0.25) is 0 Å². The maximum absolute atomic E-state index is 6.97. The lowest BCUT2D eigenvalue weighted by molar-refractivity contribution is 0.669. The van der Waals surface area contributed by atoms with Crippen molar-refractivity contribution in [2.45, 2.75) is 0 Å². The molecule has 0 N–H and O–H groups in total. The van der Waals surface area contributed by atoms with Crippen molar-refractivity contribution in [3.05, 3.63) is 218 Å². The summed E-state index contributed by atoms with van der Waals surface area (Å²) in [4.78, 5) is 2.41. The molecule has 11 aromatic carbocycles. The Balaban J connectivity index is 1.08. The van der Waals surface area contributed by atoms with Crippen LogP contribution in [-0.4, -0.2) is 4.57 Å². The summed E-state index contributed by atoms with van der Waals surface area (Å²) < 4.78 is 9.39. The second-order valence-corrected chi connectivity index (χ2v) is 16.1. The molecule has 0 atom stereocenters. The van der Waals surface area contributed by atoms with Gasteiger partial charge in [0.25, 0.3) is 0 Å². The van der Waals surface area contributed by atoms with Crippen LogP contribution in [0.5, 0.6) is 0 Å². The van der Waals surface area contributed by atoms with Crippen LogP contribution in [0.4, 0.5) is 17.1 Å². The minimum absolute atomic E-state index is 0.855. The molecule has 0 unspecified atom stereocenters. The molecule has 0 saturated heterocycles. The molecule has 0 fully saturated rings. The second-order valence-electron chi connectivity index (χ2n) is 16.1. The Kier molecular flexibility index (Phi) is 7.31. The third-order valence-electron chi connectivity index (χ3n) is 12.7. The Labute approximate surface area is 351 Å². The summed E-state index contributed by atoms with van der Waals surface area (Å²) in [6.07, 6.45) is 0. The molecule has 13 aromatic rings. The van der Waals surface area contributed by atoms with Crippen molar-refractivity contribution < 1.29 is 4.42 Å². The van der Waals surface area contributed by atoms with Crippen LogP contribution >= 0.6 is 0 Å². The maximum Gasteiger partial charge on any atom is 0.159 e. The molecule has 13 rings (SSSR count). The fourth-order valence-electron chi connectivity index (χ4n) is 9.90. The van der Waals surface area contributed by atoms with Gasteiger partial charge in [0, 0.05) is 32.9 Å². The van der Waals surface area contributed by atoms with Crippen molar-refractivity contribution in [1.82, 2.24) is 4.57 Å². The Morgan fingerprint density at radius 1 is 0.344 bits per heavy atom. The molecule has 0 amide bonds. The SMILES string of the molecule is c1ccc(-n2c3cc4ccccc4cc3c3c(N(c4ccc(-c5ccc6ccc7ccccc7c6c5)cc4)c4cccc5c4oc4ccc6ccccc6c45)cccc32)cc1. The van der Waals surface area contributed by atoms with E-state index in [4.69, 9.17) is 4.42 Å². The predicted molar refractivity (Wildman–Crippen MR) is 258 cm³/mol. The molecule has 0 radical (unpaired) electrons. The van der Waals surface area contributed by atoms with Gasteiger partial charge in [-0.3, -0.25) is 0 Å². The Bertz CT molecular complexity index is 3880. The van der Waals surface area contributed by atoms with Crippen LogP contribution in [0.1, 0.15) is 0 Å². The number of rotatable bonds is 5. The molecule has 3 heteroatoms. The van der Waals surface area contributed by atoms with E-state index < -0.39 is 0 Å². The molecule has 0 spiro atoms. The van der Waals surface area contributed by atoms with Gasteiger partial charge in [-0.25, -0.2) is 0 Å². The van der Waals surface area contributed by atoms with Crippen molar-refractivity contribution >= 4 is 104 Å². The zero-order chi connectivity index (χ0) is 40.0. The maximum atomic E-state index is 6.97. The van der Waals surface area contributed by atoms with Crippen LogP contribution in [0.15, 0.2) is 223 Å². The molecule has 0 aliphatic rings. The molecular formula is C58H36N2O. The minimum Gasteiger partial charge on any atom is -0.454 e. The van der Waals surface area contributed by atoms with Gasteiger partial charge in [-0.15, -0.1) is 0 Å². The van der Waals surface area contributed by atoms with Crippen molar-refractivity contribution in [3.8, 4) is 16.8 Å². The Morgan fingerprint density at radius 3 is 1.77 bits per heavy atom. The van der Waals surface area contributed by atoms with E-state index in [-0.39, 0.29) is 0 Å². The summed E-state index contributed by atoms with van der Waals surface area (Å²) in [5.41, 5.74) is 10.6. The first-order valence-electron chi connectivity index (χ1n) is 20.9. The monoisotopic (exact) mass is 776 g/mol. The van der Waals surface area contributed by atoms with Crippen LogP contribution in [0, 0.1) is 0 Å². The lowest BCUT2D eigenvalue weighted by Gasteiger charge is -2.27. The number of furan rings is 1. The van der Waals surface area contributed by atoms with Gasteiger partial charge in [-0.05, 0) is 121 Å². The highest BCUT2D eigenvalue weighted by atomic mass is 16.3. The van der Waals surface area contributed by atoms with Crippen LogP contribution in [0.25, 0.3) is 104 Å². The van der Waals surface area contributed by atoms with E-state index in [0.29, 0.717) is 0 Å². The Hall–Kier alpha value is -8.14. The minimum atomic E-state index is 0.855. The molecular weight excluding hydrogens is 741 g/mol. The van der Waals surface area contributed by atoms with E-state index in [9.17, 15) is 0 Å². The normalized spacial score (nSPS) is 11.9. The van der Waals surface area contributed by atoms with E-state index in [2.05, 4.69) is 228 Å². The average Bonchev–Trinajstić information content (AvgIpc) is 3.88. The van der Waals surface area contributed by atoms with Gasteiger partial charge in [0.2, 0.25) is 0 Å². The average molecular weight is 777 g/mol. The third kappa shape index (κ3) is 5.17. The van der Waals surface area contributed by atoms with E-state index in [1.807, 2.05) is 0 Å². The summed E-state index contributed by atoms with van der Waals surface area (Å²) in [6, 6.07) is 79.3. The second kappa shape index (κ2) is 13.2. The Morgan fingerprint density at radius 2 is 0.951 bits per heavy atom. The fraction of sp³-hybridized carbons (Fsp3) is 0. The predicted octanol–water partition coefficient (Wildman–Crippen LogP) is 16.4. The first-order valence-corrected chi connectivity index (χ1v) is 20.9. The fourth-order valence-corrected chi connectivity index (χ4v) is 9.90. The van der Waals surface area contributed by atoms with Gasteiger partial charge in [0.05, 0.1) is 22.4 Å². The molecule has 0 saturated carbocycles.